The Kier molecular flexibility index (Phi) is 7.56. The quantitative estimate of drug-likeness (QED) is 0.199. The Morgan fingerprint density at radius 3 is 1.43 bits per heavy atom. The van der Waals surface area contributed by atoms with Gasteiger partial charge in [0.15, 0.2) is 0 Å². The summed E-state index contributed by atoms with van der Waals surface area (Å²) in [4.78, 5) is 5.17. The second kappa shape index (κ2) is 10.8. The van der Waals surface area contributed by atoms with E-state index in [0.717, 1.165) is 39.6 Å². The average molecular weight is 523 g/mol. The Hall–Kier alpha value is -4.21. The molecule has 0 aliphatic rings. The molecule has 0 radical (unpaired) electrons. The molecule has 1 heterocycles. The van der Waals surface area contributed by atoms with E-state index in [1.165, 1.54) is 0 Å². The van der Waals surface area contributed by atoms with Gasteiger partial charge < -0.3 is 0 Å². The number of nitrogens with zero attached hydrogens (tertiary/aromatic N) is 2. The number of hydrogen-bond donors (Lipinski definition) is 1. The third kappa shape index (κ3) is 5.96. The van der Waals surface area contributed by atoms with Crippen LogP contribution in [0.15, 0.2) is 121 Å². The van der Waals surface area contributed by atoms with Crippen molar-refractivity contribution in [3.63, 3.8) is 0 Å². The Labute approximate surface area is 212 Å². The zero-order valence-corrected chi connectivity index (χ0v) is 20.1. The van der Waals surface area contributed by atoms with Crippen molar-refractivity contribution in [2.45, 2.75) is 5.51 Å². The molecule has 0 spiro atoms. The van der Waals surface area contributed by atoms with Crippen molar-refractivity contribution in [2.24, 2.45) is 0 Å². The van der Waals surface area contributed by atoms with Crippen LogP contribution in [0.1, 0.15) is 0 Å². The van der Waals surface area contributed by atoms with Crippen LogP contribution >= 0.6 is 0 Å². The van der Waals surface area contributed by atoms with E-state index in [9.17, 15) is 13.2 Å². The molecule has 0 aliphatic carbocycles. The molecule has 0 bridgehead atoms. The Morgan fingerprint density at radius 1 is 0.622 bits per heavy atom. The number of alkyl halides is 3. The maximum Gasteiger partial charge on any atom is 0.522 e. The molecule has 0 unspecified atom stereocenters. The first-order chi connectivity index (χ1) is 17.7. The van der Waals surface area contributed by atoms with E-state index in [-0.39, 0.29) is 0 Å². The van der Waals surface area contributed by atoms with Crippen LogP contribution in [0.4, 0.5) is 13.2 Å². The van der Waals surface area contributed by atoms with Crippen molar-refractivity contribution < 1.29 is 26.1 Å². The smallest absolute Gasteiger partial charge is 0.292 e. The van der Waals surface area contributed by atoms with E-state index >= 15 is 0 Å². The average Bonchev–Trinajstić information content (AvgIpc) is 3.31. The van der Waals surface area contributed by atoms with Crippen LogP contribution in [0, 0.1) is 0 Å². The Bertz CT molecular complexity index is 1460. The largest absolute Gasteiger partial charge is 0.522 e. The van der Waals surface area contributed by atoms with E-state index in [4.69, 9.17) is 18.0 Å². The molecule has 188 valence electrons. The van der Waals surface area contributed by atoms with Gasteiger partial charge in [-0.3, -0.25) is 9.12 Å². The number of imidazole rings is 1. The minimum absolute atomic E-state index is 0.939. The molecule has 5 rings (SSSR count). The molecule has 5 nitrogen and oxygen atoms in total. The van der Waals surface area contributed by atoms with Crippen molar-refractivity contribution in [3.8, 4) is 39.6 Å². The highest BCUT2D eigenvalue weighted by atomic mass is 32.2. The number of hydrogen-bond acceptors (Lipinski definition) is 3. The molecular formula is C28H21F3N2O3S. The highest BCUT2D eigenvalue weighted by Crippen LogP contribution is 2.38. The normalized spacial score (nSPS) is 11.5. The van der Waals surface area contributed by atoms with Gasteiger partial charge in [-0.1, -0.05) is 109 Å². The van der Waals surface area contributed by atoms with E-state index in [0.29, 0.717) is 0 Å². The lowest BCUT2D eigenvalue weighted by atomic mass is 10.0. The lowest BCUT2D eigenvalue weighted by Gasteiger charge is -2.13. The zero-order chi connectivity index (χ0) is 26.5. The highest BCUT2D eigenvalue weighted by molar-refractivity contribution is 7.86. The molecule has 1 aromatic heterocycles. The zero-order valence-electron chi connectivity index (χ0n) is 19.2. The highest BCUT2D eigenvalue weighted by Gasteiger charge is 2.44. The van der Waals surface area contributed by atoms with Crippen LogP contribution in [0.5, 0.6) is 0 Å². The third-order valence-corrected chi connectivity index (χ3v) is 5.90. The van der Waals surface area contributed by atoms with Crippen molar-refractivity contribution in [1.29, 1.82) is 0 Å². The van der Waals surface area contributed by atoms with Crippen LogP contribution in [-0.2, 0) is 10.1 Å². The lowest BCUT2D eigenvalue weighted by Crippen LogP contribution is -2.21. The molecule has 5 aromatic rings. The Balaban J connectivity index is 0.000000349. The molecule has 9 heteroatoms. The number of para-hydroxylation sites is 1. The minimum Gasteiger partial charge on any atom is -0.292 e. The van der Waals surface area contributed by atoms with Crippen molar-refractivity contribution in [1.82, 2.24) is 9.55 Å². The monoisotopic (exact) mass is 522 g/mol. The van der Waals surface area contributed by atoms with E-state index in [1.807, 2.05) is 24.3 Å². The fraction of sp³-hybridized carbons (Fsp3) is 0.0357. The first kappa shape index (κ1) is 25.9. The molecule has 4 aromatic carbocycles. The minimum atomic E-state index is -5.84. The first-order valence-electron chi connectivity index (χ1n) is 11.0. The van der Waals surface area contributed by atoms with E-state index < -0.39 is 15.6 Å². The number of rotatable bonds is 4. The molecule has 0 saturated carbocycles. The summed E-state index contributed by atoms with van der Waals surface area (Å²) in [5.74, 6) is 0.939. The molecular weight excluding hydrogens is 501 g/mol. The predicted molar refractivity (Wildman–Crippen MR) is 137 cm³/mol. The fourth-order valence-corrected chi connectivity index (χ4v) is 3.69. The van der Waals surface area contributed by atoms with E-state index in [2.05, 4.69) is 102 Å². The van der Waals surface area contributed by atoms with Gasteiger partial charge >= 0.3 is 15.6 Å². The van der Waals surface area contributed by atoms with Gasteiger partial charge in [0.2, 0.25) is 0 Å². The fourth-order valence-electron chi connectivity index (χ4n) is 3.69. The summed E-state index contributed by atoms with van der Waals surface area (Å²) in [5.41, 5.74) is 0.993. The van der Waals surface area contributed by atoms with Crippen LogP contribution < -0.4 is 0 Å². The second-order valence-corrected chi connectivity index (χ2v) is 9.24. The van der Waals surface area contributed by atoms with Crippen molar-refractivity contribution in [2.75, 3.05) is 0 Å². The summed E-state index contributed by atoms with van der Waals surface area (Å²) >= 11 is 0. The van der Waals surface area contributed by atoms with Crippen LogP contribution in [-0.4, -0.2) is 28.0 Å². The molecule has 1 N–H and O–H groups in total. The van der Waals surface area contributed by atoms with Gasteiger partial charge in [0.25, 0.3) is 0 Å². The van der Waals surface area contributed by atoms with Gasteiger partial charge in [0.05, 0.1) is 11.4 Å². The summed E-state index contributed by atoms with van der Waals surface area (Å²) in [6, 6.07) is 41.8. The van der Waals surface area contributed by atoms with Crippen LogP contribution in [0.25, 0.3) is 39.6 Å². The Morgan fingerprint density at radius 2 is 1.00 bits per heavy atom. The third-order valence-electron chi connectivity index (χ3n) is 5.31. The van der Waals surface area contributed by atoms with E-state index in [1.54, 1.807) is 0 Å². The first-order valence-corrected chi connectivity index (χ1v) is 12.5. The summed E-state index contributed by atoms with van der Waals surface area (Å²) in [5, 5.41) is 0. The summed E-state index contributed by atoms with van der Waals surface area (Å²) in [7, 11) is -5.84. The maximum absolute atomic E-state index is 10.7. The van der Waals surface area contributed by atoms with Crippen molar-refractivity contribution >= 4 is 10.1 Å². The predicted octanol–water partition coefficient (Wildman–Crippen LogP) is 7.27. The standard InChI is InChI=1S/C27H20N2.CHF3O3S/c1-5-13-21(14-6-1)25-26(22-15-7-2-8-16-22)29(24-19-11-4-12-20-24)27(28-25)23-17-9-3-10-18-23;2-1(3,4)8(5,6)7/h1-20H;(H,5,6,7). The summed E-state index contributed by atoms with van der Waals surface area (Å²) < 4.78 is 59.8. The van der Waals surface area contributed by atoms with Gasteiger partial charge in [-0.2, -0.15) is 21.6 Å². The van der Waals surface area contributed by atoms with Gasteiger partial charge in [0.1, 0.15) is 5.82 Å². The molecule has 0 atom stereocenters. The summed E-state index contributed by atoms with van der Waals surface area (Å²) in [6.45, 7) is 0. The maximum atomic E-state index is 10.7. The number of benzene rings is 4. The molecule has 0 amide bonds. The molecule has 0 fully saturated rings. The van der Waals surface area contributed by atoms with Crippen LogP contribution in [0.2, 0.25) is 0 Å². The van der Waals surface area contributed by atoms with Crippen LogP contribution in [0.3, 0.4) is 0 Å². The summed E-state index contributed by atoms with van der Waals surface area (Å²) in [6.07, 6.45) is 0. The topological polar surface area (TPSA) is 72.2 Å². The van der Waals surface area contributed by atoms with Gasteiger partial charge in [-0.15, -0.1) is 0 Å². The molecule has 0 aliphatic heterocycles. The second-order valence-electron chi connectivity index (χ2n) is 7.82. The lowest BCUT2D eigenvalue weighted by molar-refractivity contribution is -0.0510. The van der Waals surface area contributed by atoms with Gasteiger partial charge in [-0.05, 0) is 12.1 Å². The number of halogens is 3. The van der Waals surface area contributed by atoms with Gasteiger partial charge in [-0.25, -0.2) is 4.98 Å². The van der Waals surface area contributed by atoms with Gasteiger partial charge in [0, 0.05) is 22.4 Å². The molecule has 0 saturated heterocycles. The number of aromatic nitrogens is 2. The molecule has 37 heavy (non-hydrogen) atoms. The SMILES string of the molecule is O=S(=O)(O)C(F)(F)F.c1ccc(-c2nc(-c3ccccc3)n(-c3ccccc3)c2-c2ccccc2)cc1. The van der Waals surface area contributed by atoms with Crippen molar-refractivity contribution in [3.05, 3.63) is 121 Å².